The van der Waals surface area contributed by atoms with Crippen molar-refractivity contribution in [2.24, 2.45) is 5.10 Å². The van der Waals surface area contributed by atoms with Gasteiger partial charge in [-0.05, 0) is 46.7 Å². The van der Waals surface area contributed by atoms with Gasteiger partial charge in [0, 0.05) is 13.1 Å². The van der Waals surface area contributed by atoms with Crippen LogP contribution in [-0.4, -0.2) is 56.2 Å². The Kier molecular flexibility index (Phi) is 7.81. The molecule has 0 saturated carbocycles. The quantitative estimate of drug-likeness (QED) is 0.328. The maximum absolute atomic E-state index is 14.1. The van der Waals surface area contributed by atoms with Crippen molar-refractivity contribution in [1.82, 2.24) is 9.97 Å². The zero-order valence-corrected chi connectivity index (χ0v) is 18.5. The van der Waals surface area contributed by atoms with E-state index in [0.29, 0.717) is 38.7 Å². The number of hydrogen-bond donors (Lipinski definition) is 1. The van der Waals surface area contributed by atoms with Gasteiger partial charge in [-0.2, -0.15) is 10.1 Å². The SMILES string of the molecule is CCCOc1c(I)cc(/C=N\Nc2ncc(F)c(N3CCOCC3)n2)cc1OC. The van der Waals surface area contributed by atoms with Crippen LogP contribution in [0.25, 0.3) is 0 Å². The topological polar surface area (TPSA) is 81.1 Å². The molecule has 1 N–H and O–H groups in total. The van der Waals surface area contributed by atoms with Crippen LogP contribution in [0.2, 0.25) is 0 Å². The molecule has 0 aliphatic carbocycles. The molecule has 8 nitrogen and oxygen atoms in total. The number of nitrogens with zero attached hydrogens (tertiary/aromatic N) is 4. The highest BCUT2D eigenvalue weighted by Crippen LogP contribution is 2.33. The molecule has 29 heavy (non-hydrogen) atoms. The fourth-order valence-corrected chi connectivity index (χ4v) is 3.51. The van der Waals surface area contributed by atoms with Crippen LogP contribution in [-0.2, 0) is 4.74 Å². The number of anilines is 2. The average Bonchev–Trinajstić information content (AvgIpc) is 2.74. The van der Waals surface area contributed by atoms with Crippen LogP contribution in [0.3, 0.4) is 0 Å². The molecule has 1 fully saturated rings. The summed E-state index contributed by atoms with van der Waals surface area (Å²) >= 11 is 2.20. The number of hydrazone groups is 1. The second kappa shape index (κ2) is 10.5. The summed E-state index contributed by atoms with van der Waals surface area (Å²) in [7, 11) is 1.60. The fraction of sp³-hybridized carbons (Fsp3) is 0.421. The summed E-state index contributed by atoms with van der Waals surface area (Å²) in [5, 5.41) is 4.17. The lowest BCUT2D eigenvalue weighted by Crippen LogP contribution is -2.37. The van der Waals surface area contributed by atoms with Crippen LogP contribution in [0.4, 0.5) is 16.2 Å². The molecule has 0 atom stereocenters. The van der Waals surface area contributed by atoms with Crippen LogP contribution >= 0.6 is 22.6 Å². The Balaban J connectivity index is 1.72. The van der Waals surface area contributed by atoms with Gasteiger partial charge >= 0.3 is 0 Å². The Labute approximate surface area is 182 Å². The number of benzene rings is 1. The molecule has 1 aromatic carbocycles. The van der Waals surface area contributed by atoms with Crippen molar-refractivity contribution in [3.8, 4) is 11.5 Å². The molecule has 0 radical (unpaired) electrons. The smallest absolute Gasteiger partial charge is 0.245 e. The lowest BCUT2D eigenvalue weighted by atomic mass is 10.2. The molecule has 1 aliphatic heterocycles. The van der Waals surface area contributed by atoms with Crippen molar-refractivity contribution >= 4 is 40.6 Å². The number of ether oxygens (including phenoxy) is 3. The average molecular weight is 515 g/mol. The van der Waals surface area contributed by atoms with E-state index in [9.17, 15) is 4.39 Å². The van der Waals surface area contributed by atoms with Crippen molar-refractivity contribution in [2.45, 2.75) is 13.3 Å². The van der Waals surface area contributed by atoms with Gasteiger partial charge in [0.1, 0.15) is 0 Å². The third-order valence-electron chi connectivity index (χ3n) is 4.12. The number of nitrogens with one attached hydrogen (secondary N) is 1. The summed E-state index contributed by atoms with van der Waals surface area (Å²) in [5.74, 6) is 1.35. The Morgan fingerprint density at radius 3 is 2.90 bits per heavy atom. The minimum Gasteiger partial charge on any atom is -0.493 e. The number of aromatic nitrogens is 2. The predicted octanol–water partition coefficient (Wildman–Crippen LogP) is 3.30. The number of rotatable bonds is 8. The maximum Gasteiger partial charge on any atom is 0.245 e. The van der Waals surface area contributed by atoms with E-state index < -0.39 is 5.82 Å². The van der Waals surface area contributed by atoms with Gasteiger partial charge in [0.15, 0.2) is 23.1 Å². The Hall–Kier alpha value is -2.21. The Morgan fingerprint density at radius 1 is 1.38 bits per heavy atom. The van der Waals surface area contributed by atoms with Gasteiger partial charge in [-0.1, -0.05) is 6.92 Å². The van der Waals surface area contributed by atoms with Crippen molar-refractivity contribution in [1.29, 1.82) is 0 Å². The minimum absolute atomic E-state index is 0.216. The second-order valence-electron chi connectivity index (χ2n) is 6.22. The third kappa shape index (κ3) is 5.66. The van der Waals surface area contributed by atoms with E-state index in [0.717, 1.165) is 27.5 Å². The molecule has 1 aromatic heterocycles. The summed E-state index contributed by atoms with van der Waals surface area (Å²) in [6, 6.07) is 3.77. The van der Waals surface area contributed by atoms with Crippen molar-refractivity contribution in [3.05, 3.63) is 33.3 Å². The summed E-state index contributed by atoms with van der Waals surface area (Å²) in [4.78, 5) is 10.0. The summed E-state index contributed by atoms with van der Waals surface area (Å²) in [6.45, 7) is 4.93. The van der Waals surface area contributed by atoms with Gasteiger partial charge in [-0.3, -0.25) is 0 Å². The van der Waals surface area contributed by atoms with Crippen molar-refractivity contribution in [2.75, 3.05) is 50.3 Å². The summed E-state index contributed by atoms with van der Waals surface area (Å²) < 4.78 is 31.5. The molecule has 0 amide bonds. The Bertz CT molecular complexity index is 862. The normalized spacial score (nSPS) is 14.3. The second-order valence-corrected chi connectivity index (χ2v) is 7.38. The van der Waals surface area contributed by atoms with E-state index >= 15 is 0 Å². The highest BCUT2D eigenvalue weighted by atomic mass is 127. The van der Waals surface area contributed by atoms with Gasteiger partial charge in [0.05, 0.1) is 42.9 Å². The first-order chi connectivity index (χ1) is 14.1. The lowest BCUT2D eigenvalue weighted by molar-refractivity contribution is 0.122. The largest absolute Gasteiger partial charge is 0.493 e. The first-order valence-electron chi connectivity index (χ1n) is 9.27. The number of morpholine rings is 1. The monoisotopic (exact) mass is 515 g/mol. The molecule has 0 spiro atoms. The summed E-state index contributed by atoms with van der Waals surface area (Å²) in [6.07, 6.45) is 3.67. The van der Waals surface area contributed by atoms with Crippen LogP contribution in [0.5, 0.6) is 11.5 Å². The molecule has 10 heteroatoms. The van der Waals surface area contributed by atoms with Crippen LogP contribution in [0, 0.1) is 9.39 Å². The van der Waals surface area contributed by atoms with Gasteiger partial charge in [0.2, 0.25) is 5.95 Å². The molecular formula is C19H23FIN5O3. The number of hydrogen-bond acceptors (Lipinski definition) is 8. The zero-order valence-electron chi connectivity index (χ0n) is 16.3. The first kappa shape index (κ1) is 21.5. The zero-order chi connectivity index (χ0) is 20.6. The van der Waals surface area contributed by atoms with E-state index in [1.54, 1.807) is 13.3 Å². The van der Waals surface area contributed by atoms with Gasteiger partial charge in [0.25, 0.3) is 0 Å². The van der Waals surface area contributed by atoms with Crippen molar-refractivity contribution in [3.63, 3.8) is 0 Å². The summed E-state index contributed by atoms with van der Waals surface area (Å²) in [5.41, 5.74) is 3.57. The van der Waals surface area contributed by atoms with Gasteiger partial charge in [-0.15, -0.1) is 0 Å². The highest BCUT2D eigenvalue weighted by Gasteiger charge is 2.17. The molecule has 1 aliphatic rings. The van der Waals surface area contributed by atoms with E-state index in [1.165, 1.54) is 0 Å². The lowest BCUT2D eigenvalue weighted by Gasteiger charge is -2.27. The third-order valence-corrected chi connectivity index (χ3v) is 4.92. The van der Waals surface area contributed by atoms with Gasteiger partial charge in [-0.25, -0.2) is 14.8 Å². The number of methoxy groups -OCH3 is 1. The molecule has 3 rings (SSSR count). The van der Waals surface area contributed by atoms with Crippen LogP contribution in [0.15, 0.2) is 23.4 Å². The molecular weight excluding hydrogens is 492 g/mol. The van der Waals surface area contributed by atoms with E-state index in [4.69, 9.17) is 14.2 Å². The van der Waals surface area contributed by atoms with E-state index in [2.05, 4.69) is 43.1 Å². The minimum atomic E-state index is -0.469. The molecule has 156 valence electrons. The van der Waals surface area contributed by atoms with E-state index in [-0.39, 0.29) is 11.8 Å². The standard InChI is InChI=1S/C19H23FIN5O3/c1-3-6-29-17-15(21)9-13(10-16(17)27-2)11-23-25-19-22-12-14(20)18(24-19)26-4-7-28-8-5-26/h9-12H,3-8H2,1-2H3,(H,22,24,25)/b23-11-. The number of halogens is 2. The molecule has 2 heterocycles. The fourth-order valence-electron chi connectivity index (χ4n) is 2.73. The van der Waals surface area contributed by atoms with Gasteiger partial charge < -0.3 is 19.1 Å². The predicted molar refractivity (Wildman–Crippen MR) is 118 cm³/mol. The first-order valence-corrected chi connectivity index (χ1v) is 10.3. The Morgan fingerprint density at radius 2 is 2.17 bits per heavy atom. The van der Waals surface area contributed by atoms with E-state index in [1.807, 2.05) is 24.0 Å². The van der Waals surface area contributed by atoms with Crippen molar-refractivity contribution < 1.29 is 18.6 Å². The molecule has 0 bridgehead atoms. The van der Waals surface area contributed by atoms with Crippen LogP contribution in [0.1, 0.15) is 18.9 Å². The highest BCUT2D eigenvalue weighted by molar-refractivity contribution is 14.1. The molecule has 0 unspecified atom stereocenters. The molecule has 2 aromatic rings. The van der Waals surface area contributed by atoms with Crippen LogP contribution < -0.4 is 19.8 Å². The maximum atomic E-state index is 14.1. The molecule has 1 saturated heterocycles.